The molecule has 0 saturated carbocycles. The number of nitrogens with one attached hydrogen (secondary N) is 2. The molecule has 1 fully saturated rings. The van der Waals surface area contributed by atoms with E-state index in [1.54, 1.807) is 0 Å². The summed E-state index contributed by atoms with van der Waals surface area (Å²) in [7, 11) is 0. The Labute approximate surface area is 102 Å². The summed E-state index contributed by atoms with van der Waals surface area (Å²) in [6.07, 6.45) is -1.58. The lowest BCUT2D eigenvalue weighted by atomic mass is 9.94. The van der Waals surface area contributed by atoms with Crippen LogP contribution in [0.5, 0.6) is 0 Å². The van der Waals surface area contributed by atoms with Gasteiger partial charge in [0.2, 0.25) is 0 Å². The molecule has 0 spiro atoms. The van der Waals surface area contributed by atoms with Gasteiger partial charge in [-0.1, -0.05) is 5.92 Å². The Morgan fingerprint density at radius 3 is 2.71 bits per heavy atom. The number of rotatable bonds is 3. The lowest BCUT2D eigenvalue weighted by Crippen LogP contribution is -2.64. The maximum atomic E-state index is 12.7. The highest BCUT2D eigenvalue weighted by molar-refractivity contribution is 6.21. The second-order valence-electron chi connectivity index (χ2n) is 3.65. The van der Waals surface area contributed by atoms with Crippen LogP contribution >= 0.6 is 11.6 Å². The van der Waals surface area contributed by atoms with Crippen LogP contribution in [-0.2, 0) is 4.74 Å². The van der Waals surface area contributed by atoms with Crippen molar-refractivity contribution in [3.05, 3.63) is 0 Å². The van der Waals surface area contributed by atoms with Gasteiger partial charge in [-0.15, -0.1) is 18.0 Å². The van der Waals surface area contributed by atoms with Gasteiger partial charge in [0.25, 0.3) is 0 Å². The molecule has 1 heterocycles. The van der Waals surface area contributed by atoms with Crippen molar-refractivity contribution in [3.63, 3.8) is 0 Å². The molecule has 4 N–H and O–H groups in total. The van der Waals surface area contributed by atoms with Crippen molar-refractivity contribution in [2.45, 2.75) is 30.4 Å². The van der Waals surface area contributed by atoms with Crippen molar-refractivity contribution in [1.82, 2.24) is 10.7 Å². The summed E-state index contributed by atoms with van der Waals surface area (Å²) in [4.78, 5) is 0. The van der Waals surface area contributed by atoms with E-state index in [1.807, 2.05) is 0 Å². The number of hydrogen-bond donors (Lipinski definition) is 3. The molecule has 0 aromatic heterocycles. The minimum atomic E-state index is -4.38. The maximum absolute atomic E-state index is 12.7. The average molecular weight is 272 g/mol. The van der Waals surface area contributed by atoms with Crippen molar-refractivity contribution in [2.24, 2.45) is 11.8 Å². The van der Waals surface area contributed by atoms with Gasteiger partial charge < -0.3 is 4.74 Å². The molecular weight excluding hydrogens is 259 g/mol. The number of alkyl halides is 4. The Kier molecular flexibility index (Phi) is 5.04. The molecule has 0 radical (unpaired) electrons. The Hall–Kier alpha value is -0.520. The second-order valence-corrected chi connectivity index (χ2v) is 4.21. The summed E-state index contributed by atoms with van der Waals surface area (Å²) in [5, 5.41) is 1.72. The Morgan fingerprint density at radius 2 is 2.24 bits per heavy atom. The highest BCUT2D eigenvalue weighted by Crippen LogP contribution is 2.36. The largest absolute Gasteiger partial charge is 0.394 e. The summed E-state index contributed by atoms with van der Waals surface area (Å²) in [6, 6.07) is 0. The van der Waals surface area contributed by atoms with Gasteiger partial charge in [-0.3, -0.25) is 11.2 Å². The summed E-state index contributed by atoms with van der Waals surface area (Å²) >= 11 is 5.82. The third-order valence-corrected chi connectivity index (χ3v) is 2.91. The summed E-state index contributed by atoms with van der Waals surface area (Å²) < 4.78 is 43.1. The van der Waals surface area contributed by atoms with Crippen LogP contribution in [0.1, 0.15) is 6.42 Å². The molecule has 1 aliphatic rings. The molecule has 0 bridgehead atoms. The van der Waals surface area contributed by atoms with Gasteiger partial charge in [0.1, 0.15) is 12.8 Å². The van der Waals surface area contributed by atoms with Crippen molar-refractivity contribution >= 4 is 11.6 Å². The van der Waals surface area contributed by atoms with Crippen LogP contribution in [0.25, 0.3) is 0 Å². The van der Waals surface area contributed by atoms with Crippen molar-refractivity contribution in [3.8, 4) is 12.3 Å². The molecule has 4 atom stereocenters. The molecule has 1 saturated heterocycles. The Bertz CT molecular complexity index is 294. The van der Waals surface area contributed by atoms with Gasteiger partial charge in [0, 0.05) is 0 Å². The van der Waals surface area contributed by atoms with E-state index >= 15 is 0 Å². The van der Waals surface area contributed by atoms with Crippen molar-refractivity contribution in [1.29, 1.82) is 0 Å². The fourth-order valence-electron chi connectivity index (χ4n) is 1.68. The fraction of sp³-hybridized carbons (Fsp3) is 0.778. The van der Waals surface area contributed by atoms with Crippen LogP contribution in [0.2, 0.25) is 0 Å². The zero-order valence-corrected chi connectivity index (χ0v) is 9.55. The van der Waals surface area contributed by atoms with Crippen LogP contribution in [0.3, 0.4) is 0 Å². The number of terminal acetylenes is 1. The number of halogens is 4. The third-order valence-electron chi connectivity index (χ3n) is 2.50. The summed E-state index contributed by atoms with van der Waals surface area (Å²) in [6.45, 7) is -0.0329. The van der Waals surface area contributed by atoms with Crippen molar-refractivity contribution < 1.29 is 17.9 Å². The summed E-state index contributed by atoms with van der Waals surface area (Å²) in [5.74, 6) is 5.62. The molecule has 98 valence electrons. The second kappa shape index (κ2) is 5.89. The van der Waals surface area contributed by atoms with E-state index in [1.165, 1.54) is 0 Å². The lowest BCUT2D eigenvalue weighted by Gasteiger charge is -2.40. The number of nitrogens with two attached hydrogens (primary N) is 1. The predicted octanol–water partition coefficient (Wildman–Crippen LogP) is 0.531. The molecule has 0 aromatic carbocycles. The monoisotopic (exact) mass is 271 g/mol. The van der Waals surface area contributed by atoms with Crippen LogP contribution in [0.4, 0.5) is 13.2 Å². The van der Waals surface area contributed by atoms with E-state index in [0.29, 0.717) is 0 Å². The normalized spacial score (nSPS) is 34.4. The van der Waals surface area contributed by atoms with Crippen LogP contribution in [0.15, 0.2) is 0 Å². The zero-order valence-electron chi connectivity index (χ0n) is 8.80. The average Bonchev–Trinajstić information content (AvgIpc) is 2.25. The minimum absolute atomic E-state index is 0.0329. The summed E-state index contributed by atoms with van der Waals surface area (Å²) in [5.41, 5.74) is 2.07. The van der Waals surface area contributed by atoms with Gasteiger partial charge in [0.15, 0.2) is 0 Å². The third kappa shape index (κ3) is 3.72. The van der Waals surface area contributed by atoms with Gasteiger partial charge in [0.05, 0.1) is 17.5 Å². The first-order valence-corrected chi connectivity index (χ1v) is 5.31. The number of hydrazine groups is 1. The quantitative estimate of drug-likeness (QED) is 0.303. The minimum Gasteiger partial charge on any atom is -0.349 e. The number of piperidine rings is 1. The van der Waals surface area contributed by atoms with E-state index in [2.05, 4.69) is 16.7 Å². The predicted molar refractivity (Wildman–Crippen MR) is 56.6 cm³/mol. The molecule has 0 aliphatic carbocycles. The Balaban J connectivity index is 2.69. The standard InChI is InChI=1S/C9H13ClF3N3O/c1-2-3-17-8-6(10)4-5(9(11,12)13)7(15-8)16-14/h1,5-8,15-16H,3-4,14H2. The zero-order chi connectivity index (χ0) is 13.1. The van der Waals surface area contributed by atoms with E-state index in [4.69, 9.17) is 28.6 Å². The maximum Gasteiger partial charge on any atom is 0.394 e. The van der Waals surface area contributed by atoms with Gasteiger partial charge in [-0.2, -0.15) is 13.2 Å². The van der Waals surface area contributed by atoms with Gasteiger partial charge >= 0.3 is 6.18 Å². The SMILES string of the molecule is C#CCOC1NC(NN)C(C(F)(F)F)CC1Cl. The molecule has 4 unspecified atom stereocenters. The smallest absolute Gasteiger partial charge is 0.349 e. The first-order chi connectivity index (χ1) is 7.90. The van der Waals surface area contributed by atoms with E-state index in [-0.39, 0.29) is 13.0 Å². The molecular formula is C9H13ClF3N3O. The first kappa shape index (κ1) is 14.5. The molecule has 17 heavy (non-hydrogen) atoms. The van der Waals surface area contributed by atoms with E-state index in [0.717, 1.165) is 0 Å². The topological polar surface area (TPSA) is 59.3 Å². The highest BCUT2D eigenvalue weighted by Gasteiger charge is 2.50. The van der Waals surface area contributed by atoms with Crippen LogP contribution in [0, 0.1) is 18.3 Å². The van der Waals surface area contributed by atoms with E-state index < -0.39 is 29.9 Å². The fourth-order valence-corrected chi connectivity index (χ4v) is 2.01. The molecule has 8 heteroatoms. The van der Waals surface area contributed by atoms with Crippen molar-refractivity contribution in [2.75, 3.05) is 6.61 Å². The molecule has 1 rings (SSSR count). The van der Waals surface area contributed by atoms with Gasteiger partial charge in [-0.25, -0.2) is 5.43 Å². The van der Waals surface area contributed by atoms with Crippen LogP contribution < -0.4 is 16.6 Å². The van der Waals surface area contributed by atoms with Crippen LogP contribution in [-0.4, -0.2) is 30.6 Å². The lowest BCUT2D eigenvalue weighted by molar-refractivity contribution is -0.199. The molecule has 4 nitrogen and oxygen atoms in total. The van der Waals surface area contributed by atoms with E-state index in [9.17, 15) is 13.2 Å². The number of hydrogen-bond acceptors (Lipinski definition) is 4. The number of ether oxygens (including phenoxy) is 1. The molecule has 0 aromatic rings. The Morgan fingerprint density at radius 1 is 1.59 bits per heavy atom. The molecule has 1 aliphatic heterocycles. The molecule has 0 amide bonds. The van der Waals surface area contributed by atoms with Gasteiger partial charge in [-0.05, 0) is 6.42 Å². The first-order valence-electron chi connectivity index (χ1n) is 4.88. The highest BCUT2D eigenvalue weighted by atomic mass is 35.5.